The van der Waals surface area contributed by atoms with Gasteiger partial charge >= 0.3 is 0 Å². The van der Waals surface area contributed by atoms with Crippen molar-refractivity contribution < 1.29 is 13.2 Å². The minimum atomic E-state index is -3.12. The topological polar surface area (TPSA) is 67.4 Å². The maximum Gasteiger partial charge on any atom is 0.212 e. The molecule has 0 radical (unpaired) electrons. The summed E-state index contributed by atoms with van der Waals surface area (Å²) in [5.74, 6) is 0.918. The van der Waals surface area contributed by atoms with Gasteiger partial charge in [0.15, 0.2) is 0 Å². The standard InChI is InChI=1S/C12H26N2O3S/c1-2-6-13-8-10-18(15,16)14-7-3-9-17-11-12-4-5-12/h12-14H,2-11H2,1H3. The second-order valence-electron chi connectivity index (χ2n) is 4.84. The molecule has 5 nitrogen and oxygen atoms in total. The molecule has 1 fully saturated rings. The second-order valence-corrected chi connectivity index (χ2v) is 6.76. The van der Waals surface area contributed by atoms with Crippen LogP contribution in [-0.4, -0.2) is 47.0 Å². The number of hydrogen-bond acceptors (Lipinski definition) is 4. The van der Waals surface area contributed by atoms with Crippen LogP contribution in [-0.2, 0) is 14.8 Å². The molecule has 0 saturated heterocycles. The fourth-order valence-corrected chi connectivity index (χ4v) is 2.53. The van der Waals surface area contributed by atoms with Gasteiger partial charge in [-0.2, -0.15) is 0 Å². The molecule has 0 aromatic rings. The molecular formula is C12H26N2O3S. The summed E-state index contributed by atoms with van der Waals surface area (Å²) in [6, 6.07) is 0. The fraction of sp³-hybridized carbons (Fsp3) is 1.00. The first-order valence-electron chi connectivity index (χ1n) is 6.90. The van der Waals surface area contributed by atoms with E-state index in [-0.39, 0.29) is 5.75 Å². The molecule has 2 N–H and O–H groups in total. The number of sulfonamides is 1. The van der Waals surface area contributed by atoms with E-state index in [9.17, 15) is 8.42 Å². The summed E-state index contributed by atoms with van der Waals surface area (Å²) in [5, 5.41) is 3.08. The zero-order valence-electron chi connectivity index (χ0n) is 11.3. The van der Waals surface area contributed by atoms with E-state index in [1.54, 1.807) is 0 Å². The summed E-state index contributed by atoms with van der Waals surface area (Å²) in [6.45, 7) is 5.40. The molecule has 0 unspecified atom stereocenters. The van der Waals surface area contributed by atoms with E-state index in [4.69, 9.17) is 4.74 Å². The molecule has 0 aromatic carbocycles. The summed E-state index contributed by atoms with van der Waals surface area (Å²) < 4.78 is 31.1. The molecule has 0 amide bonds. The Hall–Kier alpha value is -0.170. The van der Waals surface area contributed by atoms with Crippen LogP contribution in [0.1, 0.15) is 32.6 Å². The molecule has 0 aliphatic heterocycles. The Morgan fingerprint density at radius 2 is 2.00 bits per heavy atom. The molecule has 1 aliphatic carbocycles. The highest BCUT2D eigenvalue weighted by molar-refractivity contribution is 7.89. The molecule has 6 heteroatoms. The highest BCUT2D eigenvalue weighted by Crippen LogP contribution is 2.28. The van der Waals surface area contributed by atoms with Crippen LogP contribution in [0.15, 0.2) is 0 Å². The van der Waals surface area contributed by atoms with Gasteiger partial charge in [-0.3, -0.25) is 0 Å². The van der Waals surface area contributed by atoms with Crippen molar-refractivity contribution in [2.45, 2.75) is 32.6 Å². The minimum absolute atomic E-state index is 0.149. The molecular weight excluding hydrogens is 252 g/mol. The predicted molar refractivity (Wildman–Crippen MR) is 73.1 cm³/mol. The number of ether oxygens (including phenoxy) is 1. The van der Waals surface area contributed by atoms with Gasteiger partial charge in [-0.05, 0) is 38.1 Å². The molecule has 108 valence electrons. The predicted octanol–water partition coefficient (Wildman–Crippen LogP) is 0.722. The average molecular weight is 278 g/mol. The SMILES string of the molecule is CCCNCCS(=O)(=O)NCCCOCC1CC1. The molecule has 0 spiro atoms. The summed E-state index contributed by atoms with van der Waals surface area (Å²) in [6.07, 6.45) is 4.34. The zero-order chi connectivity index (χ0) is 13.3. The van der Waals surface area contributed by atoms with Crippen molar-refractivity contribution in [3.63, 3.8) is 0 Å². The molecule has 1 saturated carbocycles. The molecule has 18 heavy (non-hydrogen) atoms. The van der Waals surface area contributed by atoms with E-state index in [0.717, 1.165) is 31.9 Å². The van der Waals surface area contributed by atoms with Gasteiger partial charge in [0.05, 0.1) is 5.75 Å². The molecule has 0 atom stereocenters. The van der Waals surface area contributed by atoms with Crippen LogP contribution in [0, 0.1) is 5.92 Å². The third kappa shape index (κ3) is 8.85. The first kappa shape index (κ1) is 15.9. The van der Waals surface area contributed by atoms with Crippen molar-refractivity contribution in [2.75, 3.05) is 38.6 Å². The van der Waals surface area contributed by atoms with Crippen LogP contribution in [0.3, 0.4) is 0 Å². The van der Waals surface area contributed by atoms with E-state index in [1.807, 2.05) is 0 Å². The Labute approximate surface area is 111 Å². The Morgan fingerprint density at radius 1 is 1.22 bits per heavy atom. The van der Waals surface area contributed by atoms with Crippen LogP contribution in [0.4, 0.5) is 0 Å². The van der Waals surface area contributed by atoms with E-state index in [0.29, 0.717) is 19.7 Å². The summed E-state index contributed by atoms with van der Waals surface area (Å²) >= 11 is 0. The third-order valence-electron chi connectivity index (χ3n) is 2.81. The third-order valence-corrected chi connectivity index (χ3v) is 4.20. The number of rotatable bonds is 12. The maximum atomic E-state index is 11.6. The molecule has 1 rings (SSSR count). The van der Waals surface area contributed by atoms with Gasteiger partial charge in [-0.25, -0.2) is 13.1 Å². The lowest BCUT2D eigenvalue weighted by molar-refractivity contribution is 0.123. The van der Waals surface area contributed by atoms with Crippen molar-refractivity contribution >= 4 is 10.0 Å². The van der Waals surface area contributed by atoms with Gasteiger partial charge in [0.2, 0.25) is 10.0 Å². The van der Waals surface area contributed by atoms with E-state index < -0.39 is 10.0 Å². The Morgan fingerprint density at radius 3 is 2.67 bits per heavy atom. The molecule has 0 heterocycles. The largest absolute Gasteiger partial charge is 0.381 e. The van der Waals surface area contributed by atoms with Crippen LogP contribution >= 0.6 is 0 Å². The summed E-state index contributed by atoms with van der Waals surface area (Å²) in [5.41, 5.74) is 0. The fourth-order valence-electron chi connectivity index (χ4n) is 1.52. The van der Waals surface area contributed by atoms with Crippen LogP contribution < -0.4 is 10.0 Å². The van der Waals surface area contributed by atoms with Crippen molar-refractivity contribution in [1.29, 1.82) is 0 Å². The molecule has 0 bridgehead atoms. The maximum absolute atomic E-state index is 11.6. The van der Waals surface area contributed by atoms with Gasteiger partial charge in [-0.15, -0.1) is 0 Å². The number of nitrogens with one attached hydrogen (secondary N) is 2. The van der Waals surface area contributed by atoms with Gasteiger partial charge in [0.1, 0.15) is 0 Å². The van der Waals surface area contributed by atoms with Crippen LogP contribution in [0.25, 0.3) is 0 Å². The normalized spacial score (nSPS) is 16.1. The van der Waals surface area contributed by atoms with E-state index >= 15 is 0 Å². The monoisotopic (exact) mass is 278 g/mol. The van der Waals surface area contributed by atoms with E-state index in [1.165, 1.54) is 12.8 Å². The van der Waals surface area contributed by atoms with Crippen molar-refractivity contribution in [3.8, 4) is 0 Å². The van der Waals surface area contributed by atoms with E-state index in [2.05, 4.69) is 17.0 Å². The summed E-state index contributed by atoms with van der Waals surface area (Å²) in [7, 11) is -3.12. The average Bonchev–Trinajstić information content (AvgIpc) is 3.13. The highest BCUT2D eigenvalue weighted by Gasteiger charge is 2.20. The Balaban J connectivity index is 1.91. The lowest BCUT2D eigenvalue weighted by atomic mass is 10.4. The quantitative estimate of drug-likeness (QED) is 0.516. The lowest BCUT2D eigenvalue weighted by Crippen LogP contribution is -2.33. The first-order valence-corrected chi connectivity index (χ1v) is 8.55. The van der Waals surface area contributed by atoms with Gasteiger partial charge in [0.25, 0.3) is 0 Å². The van der Waals surface area contributed by atoms with Crippen molar-refractivity contribution in [2.24, 2.45) is 5.92 Å². The smallest absolute Gasteiger partial charge is 0.212 e. The molecule has 0 aromatic heterocycles. The first-order chi connectivity index (χ1) is 8.64. The van der Waals surface area contributed by atoms with Crippen molar-refractivity contribution in [3.05, 3.63) is 0 Å². The van der Waals surface area contributed by atoms with Crippen molar-refractivity contribution in [1.82, 2.24) is 10.0 Å². The Kier molecular flexibility index (Phi) is 7.81. The Bertz CT molecular complexity index is 302. The van der Waals surface area contributed by atoms with Crippen LogP contribution in [0.2, 0.25) is 0 Å². The van der Waals surface area contributed by atoms with Crippen LogP contribution in [0.5, 0.6) is 0 Å². The van der Waals surface area contributed by atoms with Gasteiger partial charge in [0, 0.05) is 26.3 Å². The minimum Gasteiger partial charge on any atom is -0.381 e. The van der Waals surface area contributed by atoms with Gasteiger partial charge < -0.3 is 10.1 Å². The zero-order valence-corrected chi connectivity index (χ0v) is 12.1. The summed E-state index contributed by atoms with van der Waals surface area (Å²) in [4.78, 5) is 0. The van der Waals surface area contributed by atoms with Gasteiger partial charge in [-0.1, -0.05) is 6.92 Å². The lowest BCUT2D eigenvalue weighted by Gasteiger charge is -2.07. The molecule has 1 aliphatic rings. The highest BCUT2D eigenvalue weighted by atomic mass is 32.2. The number of hydrogen-bond donors (Lipinski definition) is 2. The second kappa shape index (κ2) is 8.85.